The van der Waals surface area contributed by atoms with Gasteiger partial charge < -0.3 is 10.6 Å². The van der Waals surface area contributed by atoms with E-state index in [9.17, 15) is 0 Å². The molecule has 1 aromatic heterocycles. The number of thioether (sulfide) groups is 1. The molecule has 5 nitrogen and oxygen atoms in total. The molecule has 6 heteroatoms. The third-order valence-corrected chi connectivity index (χ3v) is 9.12. The Labute approximate surface area is 279 Å². The number of rotatable bonds is 12. The van der Waals surface area contributed by atoms with Gasteiger partial charge >= 0.3 is 0 Å². The van der Waals surface area contributed by atoms with Crippen LogP contribution in [-0.2, 0) is 21.7 Å². The monoisotopic (exact) mass is 631 g/mol. The van der Waals surface area contributed by atoms with Crippen LogP contribution in [0.15, 0.2) is 41.6 Å². The quantitative estimate of drug-likeness (QED) is 0.153. The SMILES string of the molecule is CCCCCCCCSc1nc(Nc2cc(C(C)(C)C)cc(C(C)(C)C)c2)nc(Nc2cc(C(C)(C)C)cc(C(C)(C)C)c2)n1. The second kappa shape index (κ2) is 14.9. The van der Waals surface area contributed by atoms with Gasteiger partial charge in [-0.25, -0.2) is 0 Å². The summed E-state index contributed by atoms with van der Waals surface area (Å²) in [4.78, 5) is 14.7. The van der Waals surface area contributed by atoms with Crippen LogP contribution < -0.4 is 10.6 Å². The summed E-state index contributed by atoms with van der Waals surface area (Å²) in [7, 11) is 0. The summed E-state index contributed by atoms with van der Waals surface area (Å²) in [5.74, 6) is 2.12. The molecular formula is C39H61N5S. The van der Waals surface area contributed by atoms with Gasteiger partial charge in [-0.2, -0.15) is 15.0 Å². The lowest BCUT2D eigenvalue weighted by molar-refractivity contribution is 0.568. The van der Waals surface area contributed by atoms with Gasteiger partial charge in [0.1, 0.15) is 0 Å². The average molecular weight is 632 g/mol. The summed E-state index contributed by atoms with van der Waals surface area (Å²) in [6, 6.07) is 13.6. The van der Waals surface area contributed by atoms with Crippen LogP contribution in [-0.4, -0.2) is 20.7 Å². The lowest BCUT2D eigenvalue weighted by atomic mass is 9.80. The average Bonchev–Trinajstić information content (AvgIpc) is 2.90. The van der Waals surface area contributed by atoms with E-state index >= 15 is 0 Å². The van der Waals surface area contributed by atoms with Crippen molar-refractivity contribution >= 4 is 35.0 Å². The van der Waals surface area contributed by atoms with Crippen molar-refractivity contribution < 1.29 is 0 Å². The Kier molecular flexibility index (Phi) is 12.2. The van der Waals surface area contributed by atoms with Crippen LogP contribution in [0.5, 0.6) is 0 Å². The molecule has 0 aliphatic heterocycles. The minimum atomic E-state index is 0.0183. The van der Waals surface area contributed by atoms with E-state index in [1.165, 1.54) is 54.4 Å². The number of hydrogen-bond donors (Lipinski definition) is 2. The van der Waals surface area contributed by atoms with Gasteiger partial charge in [-0.05, 0) is 74.6 Å². The highest BCUT2D eigenvalue weighted by Gasteiger charge is 2.23. The molecule has 1 heterocycles. The van der Waals surface area contributed by atoms with Crippen LogP contribution in [0.4, 0.5) is 23.3 Å². The number of anilines is 4. The molecular weight excluding hydrogens is 571 g/mol. The van der Waals surface area contributed by atoms with Crippen LogP contribution in [0.3, 0.4) is 0 Å². The van der Waals surface area contributed by atoms with Crippen LogP contribution in [0.1, 0.15) is 151 Å². The first-order valence-electron chi connectivity index (χ1n) is 17.0. The van der Waals surface area contributed by atoms with E-state index < -0.39 is 0 Å². The zero-order valence-electron chi connectivity index (χ0n) is 30.7. The van der Waals surface area contributed by atoms with E-state index in [1.807, 2.05) is 0 Å². The molecule has 0 saturated heterocycles. The zero-order chi connectivity index (χ0) is 33.6. The molecule has 0 atom stereocenters. The predicted octanol–water partition coefficient (Wildman–Crippen LogP) is 12.0. The van der Waals surface area contributed by atoms with E-state index in [0.29, 0.717) is 11.9 Å². The first kappa shape index (κ1) is 36.9. The van der Waals surface area contributed by atoms with Crippen molar-refractivity contribution in [3.05, 3.63) is 58.7 Å². The maximum atomic E-state index is 4.91. The van der Waals surface area contributed by atoms with Crippen molar-refractivity contribution in [2.45, 2.75) is 155 Å². The largest absolute Gasteiger partial charge is 0.324 e. The van der Waals surface area contributed by atoms with Crippen LogP contribution >= 0.6 is 11.8 Å². The van der Waals surface area contributed by atoms with Crippen molar-refractivity contribution in [3.8, 4) is 0 Å². The zero-order valence-corrected chi connectivity index (χ0v) is 31.5. The van der Waals surface area contributed by atoms with Crippen molar-refractivity contribution in [1.29, 1.82) is 0 Å². The number of nitrogens with one attached hydrogen (secondary N) is 2. The molecule has 0 bridgehead atoms. The van der Waals surface area contributed by atoms with E-state index in [-0.39, 0.29) is 21.7 Å². The Hall–Kier alpha value is -2.60. The number of hydrogen-bond acceptors (Lipinski definition) is 6. The van der Waals surface area contributed by atoms with E-state index in [0.717, 1.165) is 28.7 Å². The molecule has 0 aliphatic carbocycles. The van der Waals surface area contributed by atoms with Gasteiger partial charge in [0.25, 0.3) is 0 Å². The van der Waals surface area contributed by atoms with Gasteiger partial charge in [-0.3, -0.25) is 0 Å². The fraction of sp³-hybridized carbons (Fsp3) is 0.615. The van der Waals surface area contributed by atoms with Gasteiger partial charge in [0, 0.05) is 17.1 Å². The first-order valence-corrected chi connectivity index (χ1v) is 18.0. The smallest absolute Gasteiger partial charge is 0.233 e. The molecule has 0 unspecified atom stereocenters. The predicted molar refractivity (Wildman–Crippen MR) is 198 cm³/mol. The lowest BCUT2D eigenvalue weighted by Crippen LogP contribution is -2.17. The highest BCUT2D eigenvalue weighted by molar-refractivity contribution is 7.99. The van der Waals surface area contributed by atoms with Gasteiger partial charge in [-0.15, -0.1) is 0 Å². The maximum Gasteiger partial charge on any atom is 0.233 e. The van der Waals surface area contributed by atoms with Gasteiger partial charge in [-0.1, -0.05) is 146 Å². The fourth-order valence-corrected chi connectivity index (χ4v) is 5.80. The number of benzene rings is 2. The normalized spacial score (nSPS) is 12.8. The Morgan fingerprint density at radius 3 is 1.20 bits per heavy atom. The minimum absolute atomic E-state index is 0.0183. The van der Waals surface area contributed by atoms with Crippen LogP contribution in [0.2, 0.25) is 0 Å². The Morgan fingerprint density at radius 1 is 0.489 bits per heavy atom. The van der Waals surface area contributed by atoms with Gasteiger partial charge in [0.2, 0.25) is 11.9 Å². The third-order valence-electron chi connectivity index (χ3n) is 8.19. The summed E-state index contributed by atoms with van der Waals surface area (Å²) in [5, 5.41) is 7.90. The minimum Gasteiger partial charge on any atom is -0.324 e. The standard InChI is InChI=1S/C39H61N5S/c1-14-15-16-17-18-19-20-45-35-43-33(40-31-23-27(36(2,3)4)21-28(24-31)37(5,6)7)42-34(44-35)41-32-25-29(38(8,9)10)22-30(26-32)39(11,12)13/h21-26H,14-20H2,1-13H3,(H2,40,41,42,43,44). The summed E-state index contributed by atoms with van der Waals surface area (Å²) < 4.78 is 0. The number of nitrogens with zero attached hydrogens (tertiary/aromatic N) is 3. The summed E-state index contributed by atoms with van der Waals surface area (Å²) in [6.07, 6.45) is 7.63. The molecule has 0 aliphatic rings. The van der Waals surface area contributed by atoms with Gasteiger partial charge in [0.05, 0.1) is 0 Å². The topological polar surface area (TPSA) is 62.7 Å². The van der Waals surface area contributed by atoms with E-state index in [2.05, 4.69) is 137 Å². The fourth-order valence-electron chi connectivity index (χ4n) is 4.97. The molecule has 3 aromatic rings. The third kappa shape index (κ3) is 11.6. The Bertz CT molecular complexity index is 1240. The summed E-state index contributed by atoms with van der Waals surface area (Å²) >= 11 is 1.72. The molecule has 2 N–H and O–H groups in total. The summed E-state index contributed by atoms with van der Waals surface area (Å²) in [6.45, 7) is 29.4. The van der Waals surface area contributed by atoms with E-state index in [1.54, 1.807) is 11.8 Å². The van der Waals surface area contributed by atoms with Crippen LogP contribution in [0.25, 0.3) is 0 Å². The molecule has 248 valence electrons. The second-order valence-electron chi connectivity index (χ2n) is 16.7. The molecule has 3 rings (SSSR count). The van der Waals surface area contributed by atoms with Crippen LogP contribution in [0, 0.1) is 0 Å². The van der Waals surface area contributed by atoms with Crippen molar-refractivity contribution in [2.24, 2.45) is 0 Å². The second-order valence-corrected chi connectivity index (χ2v) is 17.8. The first-order chi connectivity index (χ1) is 20.8. The Balaban J connectivity index is 2.00. The number of unbranched alkanes of at least 4 members (excludes halogenated alkanes) is 5. The molecule has 45 heavy (non-hydrogen) atoms. The molecule has 0 saturated carbocycles. The summed E-state index contributed by atoms with van der Waals surface area (Å²) in [5.41, 5.74) is 7.23. The van der Waals surface area contributed by atoms with Crippen molar-refractivity contribution in [2.75, 3.05) is 16.4 Å². The van der Waals surface area contributed by atoms with Crippen molar-refractivity contribution in [3.63, 3.8) is 0 Å². The van der Waals surface area contributed by atoms with Gasteiger partial charge in [0.15, 0.2) is 5.16 Å². The molecule has 2 aromatic carbocycles. The Morgan fingerprint density at radius 2 is 0.844 bits per heavy atom. The maximum absolute atomic E-state index is 4.91. The highest BCUT2D eigenvalue weighted by atomic mass is 32.2. The molecule has 0 spiro atoms. The molecule has 0 fully saturated rings. The lowest BCUT2D eigenvalue weighted by Gasteiger charge is -2.26. The number of aromatic nitrogens is 3. The van der Waals surface area contributed by atoms with Crippen molar-refractivity contribution in [1.82, 2.24) is 15.0 Å². The molecule has 0 radical (unpaired) electrons. The highest BCUT2D eigenvalue weighted by Crippen LogP contribution is 2.35. The molecule has 0 amide bonds. The van der Waals surface area contributed by atoms with E-state index in [4.69, 9.17) is 15.0 Å².